The molecule has 6 heteroatoms. The zero-order valence-electron chi connectivity index (χ0n) is 10.5. The molecule has 1 aliphatic carbocycles. The van der Waals surface area contributed by atoms with Crippen molar-refractivity contribution in [3.63, 3.8) is 0 Å². The molecule has 0 bridgehead atoms. The number of hydrogen-bond acceptors (Lipinski definition) is 4. The van der Waals surface area contributed by atoms with Crippen LogP contribution in [0.1, 0.15) is 32.6 Å². The number of nitrogens with zero attached hydrogens (tertiary/aromatic N) is 1. The molecule has 0 spiro atoms. The molecule has 1 saturated heterocycles. The zero-order valence-corrected chi connectivity index (χ0v) is 10.5. The minimum atomic E-state index is -0.275. The first-order chi connectivity index (χ1) is 8.54. The van der Waals surface area contributed by atoms with E-state index in [1.54, 1.807) is 0 Å². The first kappa shape index (κ1) is 13.0. The average molecular weight is 253 g/mol. The predicted octanol–water partition coefficient (Wildman–Crippen LogP) is -0.212. The maximum atomic E-state index is 12.1. The number of imide groups is 1. The SMILES string of the molecule is CC1CC2C(=O)N(CCCC(=O)NN)C(=O)C2C1. The Labute approximate surface area is 106 Å². The molecule has 100 valence electrons. The molecule has 0 radical (unpaired) electrons. The minimum Gasteiger partial charge on any atom is -0.294 e. The Bertz CT molecular complexity index is 359. The van der Waals surface area contributed by atoms with Crippen molar-refractivity contribution in [3.8, 4) is 0 Å². The van der Waals surface area contributed by atoms with Crippen LogP contribution in [-0.2, 0) is 14.4 Å². The summed E-state index contributed by atoms with van der Waals surface area (Å²) >= 11 is 0. The third-order valence-corrected chi connectivity index (χ3v) is 3.91. The molecule has 1 heterocycles. The Hall–Kier alpha value is -1.43. The van der Waals surface area contributed by atoms with Gasteiger partial charge in [0.1, 0.15) is 0 Å². The van der Waals surface area contributed by atoms with E-state index < -0.39 is 0 Å². The number of hydrogen-bond donors (Lipinski definition) is 2. The second-order valence-corrected chi connectivity index (χ2v) is 5.29. The van der Waals surface area contributed by atoms with Crippen molar-refractivity contribution < 1.29 is 14.4 Å². The summed E-state index contributed by atoms with van der Waals surface area (Å²) in [6.07, 6.45) is 2.33. The fourth-order valence-corrected chi connectivity index (χ4v) is 3.04. The first-order valence-electron chi connectivity index (χ1n) is 6.39. The Balaban J connectivity index is 1.90. The van der Waals surface area contributed by atoms with Gasteiger partial charge in [0.05, 0.1) is 11.8 Å². The van der Waals surface area contributed by atoms with E-state index in [4.69, 9.17) is 5.84 Å². The monoisotopic (exact) mass is 253 g/mol. The molecule has 0 aromatic rings. The summed E-state index contributed by atoms with van der Waals surface area (Å²) < 4.78 is 0. The van der Waals surface area contributed by atoms with Crippen LogP contribution in [0, 0.1) is 17.8 Å². The Morgan fingerprint density at radius 3 is 2.39 bits per heavy atom. The van der Waals surface area contributed by atoms with Crippen LogP contribution in [0.2, 0.25) is 0 Å². The third kappa shape index (κ3) is 2.25. The highest BCUT2D eigenvalue weighted by Crippen LogP contribution is 2.42. The molecule has 2 rings (SSSR count). The van der Waals surface area contributed by atoms with E-state index in [1.807, 2.05) is 5.43 Å². The molecule has 18 heavy (non-hydrogen) atoms. The van der Waals surface area contributed by atoms with Crippen molar-refractivity contribution in [2.24, 2.45) is 23.6 Å². The van der Waals surface area contributed by atoms with Crippen LogP contribution in [-0.4, -0.2) is 29.2 Å². The quantitative estimate of drug-likeness (QED) is 0.314. The van der Waals surface area contributed by atoms with Crippen molar-refractivity contribution in [1.29, 1.82) is 0 Å². The lowest BCUT2D eigenvalue weighted by molar-refractivity contribution is -0.141. The van der Waals surface area contributed by atoms with Crippen molar-refractivity contribution in [3.05, 3.63) is 0 Å². The number of rotatable bonds is 4. The minimum absolute atomic E-state index is 0.0532. The smallest absolute Gasteiger partial charge is 0.233 e. The number of amides is 3. The van der Waals surface area contributed by atoms with Crippen molar-refractivity contribution in [2.45, 2.75) is 32.6 Å². The standard InChI is InChI=1S/C12H19N3O3/c1-7-5-8-9(6-7)12(18)15(11(8)17)4-2-3-10(16)14-13/h7-9H,2-6,13H2,1H3,(H,14,16). The summed E-state index contributed by atoms with van der Waals surface area (Å²) in [5, 5.41) is 0. The van der Waals surface area contributed by atoms with Crippen LogP contribution in [0.5, 0.6) is 0 Å². The fraction of sp³-hybridized carbons (Fsp3) is 0.750. The molecule has 2 atom stereocenters. The summed E-state index contributed by atoms with van der Waals surface area (Å²) in [7, 11) is 0. The van der Waals surface area contributed by atoms with Gasteiger partial charge in [-0.3, -0.25) is 24.7 Å². The van der Waals surface area contributed by atoms with Crippen LogP contribution in [0.15, 0.2) is 0 Å². The summed E-state index contributed by atoms with van der Waals surface area (Å²) in [4.78, 5) is 36.4. The van der Waals surface area contributed by atoms with Crippen LogP contribution >= 0.6 is 0 Å². The van der Waals surface area contributed by atoms with Crippen LogP contribution in [0.4, 0.5) is 0 Å². The summed E-state index contributed by atoms with van der Waals surface area (Å²) in [6.45, 7) is 2.40. The van der Waals surface area contributed by atoms with E-state index in [9.17, 15) is 14.4 Å². The van der Waals surface area contributed by atoms with Gasteiger partial charge in [-0.1, -0.05) is 6.92 Å². The van der Waals surface area contributed by atoms with Gasteiger partial charge in [-0.15, -0.1) is 0 Å². The second kappa shape index (κ2) is 5.06. The lowest BCUT2D eigenvalue weighted by Gasteiger charge is -2.16. The van der Waals surface area contributed by atoms with Crippen LogP contribution in [0.25, 0.3) is 0 Å². The van der Waals surface area contributed by atoms with Gasteiger partial charge in [-0.2, -0.15) is 0 Å². The number of likely N-dealkylation sites (tertiary alicyclic amines) is 1. The number of nitrogens with two attached hydrogens (primary N) is 1. The molecular formula is C12H19N3O3. The lowest BCUT2D eigenvalue weighted by atomic mass is 10.00. The van der Waals surface area contributed by atoms with Crippen LogP contribution < -0.4 is 11.3 Å². The molecule has 2 aliphatic rings. The maximum Gasteiger partial charge on any atom is 0.233 e. The molecule has 0 aromatic carbocycles. The van der Waals surface area contributed by atoms with E-state index in [1.165, 1.54) is 4.90 Å². The van der Waals surface area contributed by atoms with Gasteiger partial charge in [0.2, 0.25) is 17.7 Å². The van der Waals surface area contributed by atoms with Gasteiger partial charge in [0.25, 0.3) is 0 Å². The summed E-state index contributed by atoms with van der Waals surface area (Å²) in [6, 6.07) is 0. The summed E-state index contributed by atoms with van der Waals surface area (Å²) in [5.41, 5.74) is 2.03. The van der Waals surface area contributed by atoms with E-state index in [2.05, 4.69) is 6.92 Å². The lowest BCUT2D eigenvalue weighted by Crippen LogP contribution is -2.35. The van der Waals surface area contributed by atoms with E-state index in [0.29, 0.717) is 18.9 Å². The average Bonchev–Trinajstić information content (AvgIpc) is 2.82. The Kier molecular flexibility index (Phi) is 3.65. The van der Waals surface area contributed by atoms with E-state index in [0.717, 1.165) is 12.8 Å². The number of carbonyl (C=O) groups is 3. The molecule has 1 saturated carbocycles. The first-order valence-corrected chi connectivity index (χ1v) is 6.39. The van der Waals surface area contributed by atoms with Gasteiger partial charge in [0, 0.05) is 13.0 Å². The zero-order chi connectivity index (χ0) is 13.3. The highest BCUT2D eigenvalue weighted by Gasteiger charge is 2.51. The molecule has 6 nitrogen and oxygen atoms in total. The largest absolute Gasteiger partial charge is 0.294 e. The van der Waals surface area contributed by atoms with Crippen molar-refractivity contribution in [1.82, 2.24) is 10.3 Å². The fourth-order valence-electron chi connectivity index (χ4n) is 3.04. The normalized spacial score (nSPS) is 30.8. The molecule has 2 unspecified atom stereocenters. The highest BCUT2D eigenvalue weighted by molar-refractivity contribution is 6.05. The Morgan fingerprint density at radius 1 is 1.33 bits per heavy atom. The predicted molar refractivity (Wildman–Crippen MR) is 63.7 cm³/mol. The number of hydrazine groups is 1. The van der Waals surface area contributed by atoms with Crippen LogP contribution in [0.3, 0.4) is 0 Å². The van der Waals surface area contributed by atoms with Gasteiger partial charge < -0.3 is 0 Å². The highest BCUT2D eigenvalue weighted by atomic mass is 16.2. The summed E-state index contributed by atoms with van der Waals surface area (Å²) in [5.74, 6) is 4.81. The molecular weight excluding hydrogens is 234 g/mol. The third-order valence-electron chi connectivity index (χ3n) is 3.91. The van der Waals surface area contributed by atoms with E-state index in [-0.39, 0.29) is 36.0 Å². The molecule has 2 fully saturated rings. The maximum absolute atomic E-state index is 12.1. The van der Waals surface area contributed by atoms with Gasteiger partial charge >= 0.3 is 0 Å². The number of fused-ring (bicyclic) bond motifs is 1. The van der Waals surface area contributed by atoms with Gasteiger partial charge in [-0.05, 0) is 25.2 Å². The van der Waals surface area contributed by atoms with Gasteiger partial charge in [-0.25, -0.2) is 5.84 Å². The van der Waals surface area contributed by atoms with Gasteiger partial charge in [0.15, 0.2) is 0 Å². The van der Waals surface area contributed by atoms with Crippen molar-refractivity contribution in [2.75, 3.05) is 6.54 Å². The number of nitrogens with one attached hydrogen (secondary N) is 1. The van der Waals surface area contributed by atoms with Crippen molar-refractivity contribution >= 4 is 17.7 Å². The Morgan fingerprint density at radius 2 is 1.89 bits per heavy atom. The second-order valence-electron chi connectivity index (χ2n) is 5.29. The molecule has 1 aliphatic heterocycles. The number of carbonyl (C=O) groups excluding carboxylic acids is 3. The molecule has 0 aromatic heterocycles. The topological polar surface area (TPSA) is 92.5 Å². The molecule has 3 amide bonds. The van der Waals surface area contributed by atoms with E-state index >= 15 is 0 Å². The molecule has 3 N–H and O–H groups in total.